The van der Waals surface area contributed by atoms with Crippen molar-refractivity contribution in [2.45, 2.75) is 13.1 Å². The van der Waals surface area contributed by atoms with Crippen LogP contribution in [0.1, 0.15) is 18.1 Å². The van der Waals surface area contributed by atoms with E-state index in [9.17, 15) is 18.0 Å². The molecule has 34 heavy (non-hydrogen) atoms. The number of hydrogen-bond donors (Lipinski definition) is 0. The third-order valence-electron chi connectivity index (χ3n) is 5.01. The Morgan fingerprint density at radius 3 is 2.56 bits per heavy atom. The Morgan fingerprint density at radius 2 is 1.82 bits per heavy atom. The molecular weight excluding hydrogens is 447 g/mol. The number of hydrogen-bond acceptors (Lipinski definition) is 5. The van der Waals surface area contributed by atoms with Gasteiger partial charge in [0, 0.05) is 5.56 Å². The van der Waals surface area contributed by atoms with Crippen molar-refractivity contribution in [1.82, 2.24) is 9.66 Å². The number of aromatic nitrogens is 2. The molecule has 0 spiro atoms. The largest absolute Gasteiger partial charge is 0.493 e. The Morgan fingerprint density at radius 1 is 1.03 bits per heavy atom. The third kappa shape index (κ3) is 4.63. The molecule has 0 unspecified atom stereocenters. The lowest BCUT2D eigenvalue weighted by Gasteiger charge is -2.12. The molecule has 3 aromatic carbocycles. The zero-order valence-electron chi connectivity index (χ0n) is 18.3. The van der Waals surface area contributed by atoms with E-state index in [1.165, 1.54) is 25.5 Å². The average Bonchev–Trinajstić information content (AvgIpc) is 2.83. The quantitative estimate of drug-likeness (QED) is 0.358. The monoisotopic (exact) mass is 467 g/mol. The van der Waals surface area contributed by atoms with Crippen molar-refractivity contribution >= 4 is 17.1 Å². The van der Waals surface area contributed by atoms with Gasteiger partial charge < -0.3 is 9.47 Å². The number of ether oxygens (including phenoxy) is 2. The standard InChI is InChI=1S/C25H20F3N3O3/c1-3-34-22-13-16(11-12-21(22)33-2)15-29-31-23(17-7-6-8-18(14-17)25(26,27)28)30-20-10-5-4-9-19(20)24(31)32/h4-15H,3H2,1-2H3. The van der Waals surface area contributed by atoms with Crippen molar-refractivity contribution in [3.05, 3.63) is 88.2 Å². The number of rotatable bonds is 6. The van der Waals surface area contributed by atoms with E-state index in [-0.39, 0.29) is 11.4 Å². The minimum Gasteiger partial charge on any atom is -0.493 e. The summed E-state index contributed by atoms with van der Waals surface area (Å²) in [6, 6.07) is 16.3. The van der Waals surface area contributed by atoms with Crippen molar-refractivity contribution in [3.8, 4) is 22.9 Å². The molecule has 0 amide bonds. The summed E-state index contributed by atoms with van der Waals surface area (Å²) in [7, 11) is 1.52. The van der Waals surface area contributed by atoms with Crippen LogP contribution < -0.4 is 15.0 Å². The first-order valence-electron chi connectivity index (χ1n) is 10.4. The van der Waals surface area contributed by atoms with E-state index in [0.717, 1.165) is 16.8 Å². The second kappa shape index (κ2) is 9.38. The first kappa shape index (κ1) is 23.0. The van der Waals surface area contributed by atoms with Gasteiger partial charge in [-0.2, -0.15) is 22.9 Å². The average molecular weight is 467 g/mol. The highest BCUT2D eigenvalue weighted by Gasteiger charge is 2.31. The summed E-state index contributed by atoms with van der Waals surface area (Å²) in [5, 5.41) is 4.58. The van der Waals surface area contributed by atoms with Crippen molar-refractivity contribution in [1.29, 1.82) is 0 Å². The lowest BCUT2D eigenvalue weighted by Crippen LogP contribution is -2.20. The SMILES string of the molecule is CCOc1cc(C=Nn2c(-c3cccc(C(F)(F)F)c3)nc3ccccc3c2=O)ccc1OC. The molecule has 0 saturated heterocycles. The summed E-state index contributed by atoms with van der Waals surface area (Å²) < 4.78 is 51.8. The maximum Gasteiger partial charge on any atom is 0.416 e. The number of halogens is 3. The highest BCUT2D eigenvalue weighted by Crippen LogP contribution is 2.32. The maximum absolute atomic E-state index is 13.3. The summed E-state index contributed by atoms with van der Waals surface area (Å²) in [6.07, 6.45) is -3.13. The zero-order chi connectivity index (χ0) is 24.3. The van der Waals surface area contributed by atoms with Crippen molar-refractivity contribution in [3.63, 3.8) is 0 Å². The van der Waals surface area contributed by atoms with Crippen molar-refractivity contribution in [2.75, 3.05) is 13.7 Å². The Bertz CT molecular complexity index is 1430. The molecule has 4 rings (SSSR count). The van der Waals surface area contributed by atoms with Gasteiger partial charge in [0.2, 0.25) is 0 Å². The van der Waals surface area contributed by atoms with Gasteiger partial charge in [-0.25, -0.2) is 4.98 Å². The van der Waals surface area contributed by atoms with Crippen LogP contribution in [0.4, 0.5) is 13.2 Å². The molecule has 0 atom stereocenters. The van der Waals surface area contributed by atoms with Crippen LogP contribution in [0, 0.1) is 0 Å². The molecule has 4 aromatic rings. The smallest absolute Gasteiger partial charge is 0.416 e. The molecule has 0 N–H and O–H groups in total. The highest BCUT2D eigenvalue weighted by molar-refractivity contribution is 5.82. The number of alkyl halides is 3. The van der Waals surface area contributed by atoms with Crippen molar-refractivity contribution in [2.24, 2.45) is 5.10 Å². The summed E-state index contributed by atoms with van der Waals surface area (Å²) in [4.78, 5) is 17.7. The van der Waals surface area contributed by atoms with Gasteiger partial charge in [0.1, 0.15) is 0 Å². The van der Waals surface area contributed by atoms with E-state index in [4.69, 9.17) is 9.47 Å². The normalized spacial score (nSPS) is 11.8. The zero-order valence-corrected chi connectivity index (χ0v) is 18.3. The molecule has 1 aromatic heterocycles. The van der Waals surface area contributed by atoms with Crippen LogP contribution in [0.5, 0.6) is 11.5 Å². The van der Waals surface area contributed by atoms with Gasteiger partial charge in [0.05, 0.1) is 36.4 Å². The lowest BCUT2D eigenvalue weighted by molar-refractivity contribution is -0.137. The third-order valence-corrected chi connectivity index (χ3v) is 5.01. The summed E-state index contributed by atoms with van der Waals surface area (Å²) in [5.74, 6) is 1.02. The number of benzene rings is 3. The van der Waals surface area contributed by atoms with Gasteiger partial charge in [0.25, 0.3) is 5.56 Å². The van der Waals surface area contributed by atoms with E-state index in [2.05, 4.69) is 10.1 Å². The van der Waals surface area contributed by atoms with Gasteiger partial charge in [-0.15, -0.1) is 0 Å². The number of fused-ring (bicyclic) bond motifs is 1. The number of methoxy groups -OCH3 is 1. The predicted molar refractivity (Wildman–Crippen MR) is 124 cm³/mol. The Balaban J connectivity index is 1.88. The minimum absolute atomic E-state index is 0.00964. The van der Waals surface area contributed by atoms with E-state index < -0.39 is 17.3 Å². The van der Waals surface area contributed by atoms with Crippen LogP contribution in [-0.4, -0.2) is 29.6 Å². The predicted octanol–water partition coefficient (Wildman–Crippen LogP) is 5.37. The first-order valence-corrected chi connectivity index (χ1v) is 10.4. The molecular formula is C25H20F3N3O3. The van der Waals surface area contributed by atoms with Crippen LogP contribution in [0.2, 0.25) is 0 Å². The topological polar surface area (TPSA) is 65.7 Å². The van der Waals surface area contributed by atoms with E-state index >= 15 is 0 Å². The molecule has 0 aliphatic carbocycles. The highest BCUT2D eigenvalue weighted by atomic mass is 19.4. The molecule has 0 bridgehead atoms. The lowest BCUT2D eigenvalue weighted by atomic mass is 10.1. The van der Waals surface area contributed by atoms with Gasteiger partial charge >= 0.3 is 6.18 Å². The number of para-hydroxylation sites is 1. The summed E-state index contributed by atoms with van der Waals surface area (Å²) >= 11 is 0. The molecule has 0 fully saturated rings. The molecule has 174 valence electrons. The molecule has 0 aliphatic heterocycles. The van der Waals surface area contributed by atoms with E-state index in [1.54, 1.807) is 42.5 Å². The molecule has 9 heteroatoms. The molecule has 1 heterocycles. The molecule has 0 saturated carbocycles. The fourth-order valence-electron chi connectivity index (χ4n) is 3.42. The molecule has 0 aliphatic rings. The van der Waals surface area contributed by atoms with Crippen LogP contribution in [0.15, 0.2) is 76.6 Å². The second-order valence-corrected chi connectivity index (χ2v) is 7.24. The summed E-state index contributed by atoms with van der Waals surface area (Å²) in [6.45, 7) is 2.26. The van der Waals surface area contributed by atoms with E-state index in [1.807, 2.05) is 6.92 Å². The first-order chi connectivity index (χ1) is 16.3. The maximum atomic E-state index is 13.3. The fraction of sp³-hybridized carbons (Fsp3) is 0.160. The van der Waals surface area contributed by atoms with Crippen LogP contribution in [-0.2, 0) is 6.18 Å². The van der Waals surface area contributed by atoms with Gasteiger partial charge in [-0.3, -0.25) is 4.79 Å². The number of nitrogens with zero attached hydrogens (tertiary/aromatic N) is 3. The van der Waals surface area contributed by atoms with Crippen LogP contribution in [0.25, 0.3) is 22.3 Å². The van der Waals surface area contributed by atoms with Gasteiger partial charge in [-0.1, -0.05) is 24.3 Å². The summed E-state index contributed by atoms with van der Waals surface area (Å²) in [5.41, 5.74) is -0.291. The Hall–Kier alpha value is -4.14. The minimum atomic E-state index is -4.54. The van der Waals surface area contributed by atoms with Crippen LogP contribution in [0.3, 0.4) is 0 Å². The van der Waals surface area contributed by atoms with Gasteiger partial charge in [0.15, 0.2) is 17.3 Å². The van der Waals surface area contributed by atoms with Gasteiger partial charge in [-0.05, 0) is 55.0 Å². The van der Waals surface area contributed by atoms with Crippen molar-refractivity contribution < 1.29 is 22.6 Å². The fourth-order valence-corrected chi connectivity index (χ4v) is 3.42. The van der Waals surface area contributed by atoms with Crippen LogP contribution >= 0.6 is 0 Å². The molecule has 6 nitrogen and oxygen atoms in total. The van der Waals surface area contributed by atoms with E-state index in [0.29, 0.717) is 34.6 Å². The molecule has 0 radical (unpaired) electrons. The Labute approximate surface area is 192 Å². The second-order valence-electron chi connectivity index (χ2n) is 7.24. The Kier molecular flexibility index (Phi) is 6.36.